The van der Waals surface area contributed by atoms with E-state index in [0.717, 1.165) is 6.42 Å². The fraction of sp³-hybridized carbons (Fsp3) is 0.625. The van der Waals surface area contributed by atoms with Crippen molar-refractivity contribution in [3.05, 3.63) is 21.9 Å². The maximum Gasteiger partial charge on any atom is 0.231 e. The van der Waals surface area contributed by atoms with Gasteiger partial charge in [-0.05, 0) is 6.42 Å². The van der Waals surface area contributed by atoms with Gasteiger partial charge in [0.2, 0.25) is 6.04 Å². The van der Waals surface area contributed by atoms with E-state index in [-0.39, 0.29) is 12.8 Å². The standard InChI is InChI=1S/C8H13N3O2/c1-2-3-7(10)6-8(4-5-9)11(12)13/h3,8H,2,4,6,10H2,1H3/b7-3+/t8-/m1/s1. The summed E-state index contributed by atoms with van der Waals surface area (Å²) in [6, 6.07) is 0.904. The van der Waals surface area contributed by atoms with E-state index in [2.05, 4.69) is 0 Å². The van der Waals surface area contributed by atoms with Crippen LogP contribution in [0, 0.1) is 21.4 Å². The minimum absolute atomic E-state index is 0.0920. The van der Waals surface area contributed by atoms with Crippen molar-refractivity contribution in [2.24, 2.45) is 5.73 Å². The highest BCUT2D eigenvalue weighted by atomic mass is 16.6. The van der Waals surface area contributed by atoms with Crippen molar-refractivity contribution >= 4 is 0 Å². The quantitative estimate of drug-likeness (QED) is 0.511. The topological polar surface area (TPSA) is 93.0 Å². The van der Waals surface area contributed by atoms with Gasteiger partial charge in [-0.25, -0.2) is 0 Å². The Hall–Kier alpha value is -1.57. The van der Waals surface area contributed by atoms with Crippen molar-refractivity contribution in [1.29, 1.82) is 5.26 Å². The third-order valence-corrected chi connectivity index (χ3v) is 1.56. The molecule has 0 spiro atoms. The summed E-state index contributed by atoms with van der Waals surface area (Å²) in [4.78, 5) is 9.94. The van der Waals surface area contributed by atoms with Crippen molar-refractivity contribution in [2.75, 3.05) is 0 Å². The second-order valence-corrected chi connectivity index (χ2v) is 2.69. The van der Waals surface area contributed by atoms with Crippen molar-refractivity contribution in [3.8, 4) is 6.07 Å². The van der Waals surface area contributed by atoms with Crippen molar-refractivity contribution in [1.82, 2.24) is 0 Å². The summed E-state index contributed by atoms with van der Waals surface area (Å²) >= 11 is 0. The Bertz CT molecular complexity index is 242. The van der Waals surface area contributed by atoms with Gasteiger partial charge in [-0.15, -0.1) is 0 Å². The first-order valence-electron chi connectivity index (χ1n) is 4.06. The van der Waals surface area contributed by atoms with E-state index in [1.54, 1.807) is 12.1 Å². The summed E-state index contributed by atoms with van der Waals surface area (Å²) < 4.78 is 0. The molecule has 0 aromatic carbocycles. The predicted molar refractivity (Wildman–Crippen MR) is 48.2 cm³/mol. The van der Waals surface area contributed by atoms with Crippen LogP contribution >= 0.6 is 0 Å². The number of hydrogen-bond acceptors (Lipinski definition) is 4. The Morgan fingerprint density at radius 3 is 2.85 bits per heavy atom. The molecular weight excluding hydrogens is 170 g/mol. The third-order valence-electron chi connectivity index (χ3n) is 1.56. The molecule has 0 heterocycles. The van der Waals surface area contributed by atoms with Gasteiger partial charge in [-0.1, -0.05) is 13.0 Å². The van der Waals surface area contributed by atoms with Gasteiger partial charge in [0, 0.05) is 10.6 Å². The van der Waals surface area contributed by atoms with Gasteiger partial charge in [-0.3, -0.25) is 10.1 Å². The molecule has 0 aliphatic heterocycles. The zero-order valence-corrected chi connectivity index (χ0v) is 7.56. The Balaban J connectivity index is 4.19. The lowest BCUT2D eigenvalue weighted by Crippen LogP contribution is -2.21. The van der Waals surface area contributed by atoms with Crippen LogP contribution in [-0.2, 0) is 0 Å². The first kappa shape index (κ1) is 11.4. The molecule has 2 N–H and O–H groups in total. The predicted octanol–water partition coefficient (Wildman–Crippen LogP) is 1.19. The minimum atomic E-state index is -0.868. The molecule has 5 nitrogen and oxygen atoms in total. The van der Waals surface area contributed by atoms with Crippen LogP contribution in [0.15, 0.2) is 11.8 Å². The van der Waals surface area contributed by atoms with Gasteiger partial charge in [0.05, 0.1) is 12.5 Å². The van der Waals surface area contributed by atoms with Crippen LogP contribution in [0.25, 0.3) is 0 Å². The van der Waals surface area contributed by atoms with Crippen LogP contribution in [0.5, 0.6) is 0 Å². The Labute approximate surface area is 77.0 Å². The van der Waals surface area contributed by atoms with Crippen LogP contribution in [0.2, 0.25) is 0 Å². The average Bonchev–Trinajstić information content (AvgIpc) is 2.04. The molecule has 0 amide bonds. The molecule has 0 aromatic rings. The summed E-state index contributed by atoms with van der Waals surface area (Å²) in [5.41, 5.74) is 5.99. The molecule has 0 unspecified atom stereocenters. The SMILES string of the molecule is CC/C=C(/N)C[C@@H](CC#N)[N+](=O)[O-]. The highest BCUT2D eigenvalue weighted by Gasteiger charge is 2.19. The lowest BCUT2D eigenvalue weighted by atomic mass is 10.1. The Morgan fingerprint density at radius 1 is 1.85 bits per heavy atom. The fourth-order valence-corrected chi connectivity index (χ4v) is 0.944. The van der Waals surface area contributed by atoms with Gasteiger partial charge < -0.3 is 5.73 Å². The van der Waals surface area contributed by atoms with Crippen molar-refractivity contribution in [2.45, 2.75) is 32.2 Å². The summed E-state index contributed by atoms with van der Waals surface area (Å²) in [5.74, 6) is 0. The molecule has 0 aliphatic rings. The second kappa shape index (κ2) is 6.00. The molecule has 0 aliphatic carbocycles. The average molecular weight is 183 g/mol. The van der Waals surface area contributed by atoms with Gasteiger partial charge in [0.15, 0.2) is 0 Å². The molecule has 0 fully saturated rings. The van der Waals surface area contributed by atoms with Crippen LogP contribution in [0.4, 0.5) is 0 Å². The highest BCUT2D eigenvalue weighted by molar-refractivity contribution is 4.98. The number of nitro groups is 1. The molecule has 0 saturated carbocycles. The molecule has 0 radical (unpaired) electrons. The van der Waals surface area contributed by atoms with E-state index >= 15 is 0 Å². The van der Waals surface area contributed by atoms with E-state index in [9.17, 15) is 10.1 Å². The maximum atomic E-state index is 10.4. The fourth-order valence-electron chi connectivity index (χ4n) is 0.944. The molecule has 5 heteroatoms. The zero-order chi connectivity index (χ0) is 10.3. The van der Waals surface area contributed by atoms with E-state index < -0.39 is 11.0 Å². The largest absolute Gasteiger partial charge is 0.402 e. The number of allylic oxidation sites excluding steroid dienone is 1. The lowest BCUT2D eigenvalue weighted by Gasteiger charge is -2.05. The van der Waals surface area contributed by atoms with Gasteiger partial charge >= 0.3 is 0 Å². The minimum Gasteiger partial charge on any atom is -0.402 e. The summed E-state index contributed by atoms with van der Waals surface area (Å²) in [7, 11) is 0. The summed E-state index contributed by atoms with van der Waals surface area (Å²) in [5, 5.41) is 18.7. The number of nitrogens with zero attached hydrogens (tertiary/aromatic N) is 2. The summed E-state index contributed by atoms with van der Waals surface area (Å²) in [6.07, 6.45) is 2.55. The van der Waals surface area contributed by atoms with Crippen molar-refractivity contribution in [3.63, 3.8) is 0 Å². The van der Waals surface area contributed by atoms with Crippen LogP contribution in [0.3, 0.4) is 0 Å². The Morgan fingerprint density at radius 2 is 2.46 bits per heavy atom. The third kappa shape index (κ3) is 4.80. The molecule has 0 aromatic heterocycles. The molecule has 1 atom stereocenters. The molecule has 0 saturated heterocycles. The van der Waals surface area contributed by atoms with Crippen molar-refractivity contribution < 1.29 is 4.92 Å². The monoisotopic (exact) mass is 183 g/mol. The molecule has 0 rings (SSSR count). The van der Waals surface area contributed by atoms with Gasteiger partial charge in [0.1, 0.15) is 6.42 Å². The first-order chi connectivity index (χ1) is 6.11. The number of hydrogen-bond donors (Lipinski definition) is 1. The first-order valence-corrected chi connectivity index (χ1v) is 4.06. The summed E-state index contributed by atoms with van der Waals surface area (Å²) in [6.45, 7) is 1.90. The maximum absolute atomic E-state index is 10.4. The van der Waals surface area contributed by atoms with Crippen LogP contribution in [-0.4, -0.2) is 11.0 Å². The van der Waals surface area contributed by atoms with Gasteiger partial charge in [-0.2, -0.15) is 5.26 Å². The van der Waals surface area contributed by atoms with E-state index in [1.165, 1.54) is 0 Å². The van der Waals surface area contributed by atoms with Gasteiger partial charge in [0.25, 0.3) is 0 Å². The van der Waals surface area contributed by atoms with Crippen LogP contribution in [0.1, 0.15) is 26.2 Å². The zero-order valence-electron chi connectivity index (χ0n) is 7.56. The normalized spacial score (nSPS) is 13.4. The number of nitriles is 1. The second-order valence-electron chi connectivity index (χ2n) is 2.69. The van der Waals surface area contributed by atoms with E-state index in [4.69, 9.17) is 11.0 Å². The van der Waals surface area contributed by atoms with E-state index in [1.807, 2.05) is 6.92 Å². The molecule has 0 bridgehead atoms. The smallest absolute Gasteiger partial charge is 0.231 e. The number of rotatable bonds is 5. The lowest BCUT2D eigenvalue weighted by molar-refractivity contribution is -0.520. The highest BCUT2D eigenvalue weighted by Crippen LogP contribution is 2.07. The van der Waals surface area contributed by atoms with E-state index in [0.29, 0.717) is 5.70 Å². The molecular formula is C8H13N3O2. The van der Waals surface area contributed by atoms with Crippen LogP contribution < -0.4 is 5.73 Å². The molecule has 13 heavy (non-hydrogen) atoms. The number of nitrogens with two attached hydrogens (primary N) is 1. The molecule has 72 valence electrons. The Kier molecular flexibility index (Phi) is 5.28.